The third-order valence-electron chi connectivity index (χ3n) is 2.59. The van der Waals surface area contributed by atoms with Crippen LogP contribution in [0.5, 0.6) is 0 Å². The lowest BCUT2D eigenvalue weighted by molar-refractivity contribution is -0.116. The predicted molar refractivity (Wildman–Crippen MR) is 77.7 cm³/mol. The molecule has 0 bridgehead atoms. The lowest BCUT2D eigenvalue weighted by Gasteiger charge is -2.06. The molecule has 0 spiro atoms. The molecule has 1 fully saturated rings. The summed E-state index contributed by atoms with van der Waals surface area (Å²) in [5.74, 6) is 1.38. The van der Waals surface area contributed by atoms with E-state index in [0.29, 0.717) is 11.6 Å². The molecule has 1 aliphatic heterocycles. The number of thiazole rings is 1. The summed E-state index contributed by atoms with van der Waals surface area (Å²) < 4.78 is 0. The third kappa shape index (κ3) is 4.89. The Morgan fingerprint density at radius 3 is 3.18 bits per heavy atom. The molecule has 2 heterocycles. The van der Waals surface area contributed by atoms with Crippen LogP contribution in [0.2, 0.25) is 0 Å². The highest BCUT2D eigenvalue weighted by atomic mass is 33.1. The number of aromatic nitrogens is 1. The Morgan fingerprint density at radius 1 is 1.53 bits per heavy atom. The molecule has 94 valence electrons. The van der Waals surface area contributed by atoms with Crippen molar-refractivity contribution >= 4 is 44.0 Å². The Balaban J connectivity index is 1.54. The van der Waals surface area contributed by atoms with Gasteiger partial charge in [-0.2, -0.15) is 0 Å². The zero-order chi connectivity index (χ0) is 11.9. The van der Waals surface area contributed by atoms with Crippen LogP contribution in [-0.4, -0.2) is 21.9 Å². The highest BCUT2D eigenvalue weighted by molar-refractivity contribution is 8.77. The van der Waals surface area contributed by atoms with Gasteiger partial charge in [-0.25, -0.2) is 4.98 Å². The van der Waals surface area contributed by atoms with E-state index < -0.39 is 0 Å². The summed E-state index contributed by atoms with van der Waals surface area (Å²) in [6, 6.07) is 0. The fraction of sp³-hybridized carbons (Fsp3) is 0.636. The molecule has 0 radical (unpaired) electrons. The Hall–Kier alpha value is -0.200. The summed E-state index contributed by atoms with van der Waals surface area (Å²) in [6.45, 7) is 0. The minimum Gasteiger partial charge on any atom is -0.302 e. The lowest BCUT2D eigenvalue weighted by atomic mass is 10.1. The summed E-state index contributed by atoms with van der Waals surface area (Å²) in [4.78, 5) is 15.6. The Labute approximate surface area is 114 Å². The van der Waals surface area contributed by atoms with E-state index in [-0.39, 0.29) is 5.91 Å². The number of amides is 1. The number of unbranched alkanes of at least 4 members (excludes halogenated alkanes) is 1. The van der Waals surface area contributed by atoms with Crippen LogP contribution in [0.4, 0.5) is 5.13 Å². The highest BCUT2D eigenvalue weighted by Crippen LogP contribution is 2.39. The van der Waals surface area contributed by atoms with E-state index in [4.69, 9.17) is 0 Å². The molecule has 1 aliphatic rings. The lowest BCUT2D eigenvalue weighted by Crippen LogP contribution is -2.11. The molecule has 1 amide bonds. The summed E-state index contributed by atoms with van der Waals surface area (Å²) >= 11 is 1.46. The fourth-order valence-electron chi connectivity index (χ4n) is 1.69. The minimum atomic E-state index is 0.0911. The minimum absolute atomic E-state index is 0.0911. The number of hydrogen-bond acceptors (Lipinski definition) is 5. The largest absolute Gasteiger partial charge is 0.302 e. The molecule has 0 aromatic carbocycles. The molecule has 1 N–H and O–H groups in total. The van der Waals surface area contributed by atoms with Gasteiger partial charge in [-0.15, -0.1) is 11.3 Å². The van der Waals surface area contributed by atoms with Crippen molar-refractivity contribution in [3.8, 4) is 0 Å². The van der Waals surface area contributed by atoms with Crippen LogP contribution in [0.15, 0.2) is 11.6 Å². The van der Waals surface area contributed by atoms with Gasteiger partial charge in [0.05, 0.1) is 0 Å². The van der Waals surface area contributed by atoms with Crippen LogP contribution in [0.25, 0.3) is 0 Å². The number of carbonyl (C=O) groups is 1. The van der Waals surface area contributed by atoms with E-state index in [1.165, 1.54) is 29.9 Å². The second-order valence-corrected chi connectivity index (χ2v) is 7.64. The van der Waals surface area contributed by atoms with Gasteiger partial charge >= 0.3 is 0 Å². The van der Waals surface area contributed by atoms with E-state index in [2.05, 4.69) is 10.3 Å². The molecular formula is C11H16N2OS3. The maximum atomic E-state index is 11.6. The maximum Gasteiger partial charge on any atom is 0.226 e. The van der Waals surface area contributed by atoms with Crippen LogP contribution in [0.1, 0.15) is 32.1 Å². The fourth-order valence-corrected chi connectivity index (χ4v) is 5.26. The number of rotatable bonds is 6. The van der Waals surface area contributed by atoms with Crippen LogP contribution in [-0.2, 0) is 4.79 Å². The van der Waals surface area contributed by atoms with Crippen LogP contribution in [0.3, 0.4) is 0 Å². The molecular weight excluding hydrogens is 272 g/mol. The summed E-state index contributed by atoms with van der Waals surface area (Å²) in [7, 11) is 3.99. The number of anilines is 1. The van der Waals surface area contributed by atoms with Crippen molar-refractivity contribution in [2.24, 2.45) is 0 Å². The van der Waals surface area contributed by atoms with E-state index in [1.807, 2.05) is 27.0 Å². The average Bonchev–Trinajstić information content (AvgIpc) is 2.96. The van der Waals surface area contributed by atoms with E-state index >= 15 is 0 Å². The molecule has 1 aromatic heterocycles. The first-order chi connectivity index (χ1) is 8.34. The molecule has 3 nitrogen and oxygen atoms in total. The van der Waals surface area contributed by atoms with Gasteiger partial charge in [0, 0.05) is 29.0 Å². The van der Waals surface area contributed by atoms with Crippen LogP contribution >= 0.6 is 32.9 Å². The van der Waals surface area contributed by atoms with Gasteiger partial charge in [-0.3, -0.25) is 4.79 Å². The number of carbonyl (C=O) groups excluding carboxylic acids is 1. The molecule has 0 unspecified atom stereocenters. The summed E-state index contributed by atoms with van der Waals surface area (Å²) in [5, 5.41) is 6.20. The summed E-state index contributed by atoms with van der Waals surface area (Å²) in [6.07, 6.45) is 7.05. The highest BCUT2D eigenvalue weighted by Gasteiger charge is 2.15. The number of nitrogens with zero attached hydrogens (tertiary/aromatic N) is 1. The summed E-state index contributed by atoms with van der Waals surface area (Å²) in [5.41, 5.74) is 0. The number of hydrogen-bond donors (Lipinski definition) is 1. The van der Waals surface area contributed by atoms with Crippen molar-refractivity contribution in [2.45, 2.75) is 37.4 Å². The molecule has 17 heavy (non-hydrogen) atoms. The smallest absolute Gasteiger partial charge is 0.226 e. The van der Waals surface area contributed by atoms with Gasteiger partial charge < -0.3 is 5.32 Å². The van der Waals surface area contributed by atoms with Crippen molar-refractivity contribution in [1.82, 2.24) is 4.98 Å². The second-order valence-electron chi connectivity index (χ2n) is 3.96. The third-order valence-corrected chi connectivity index (χ3v) is 6.28. The van der Waals surface area contributed by atoms with Crippen molar-refractivity contribution in [3.05, 3.63) is 11.6 Å². The normalized spacial score (nSPS) is 19.4. The van der Waals surface area contributed by atoms with E-state index in [1.54, 1.807) is 6.20 Å². The first-order valence-electron chi connectivity index (χ1n) is 5.82. The quantitative estimate of drug-likeness (QED) is 0.638. The molecule has 1 aromatic rings. The van der Waals surface area contributed by atoms with Gasteiger partial charge in [0.25, 0.3) is 0 Å². The van der Waals surface area contributed by atoms with Crippen molar-refractivity contribution < 1.29 is 4.79 Å². The Morgan fingerprint density at radius 2 is 2.47 bits per heavy atom. The van der Waals surface area contributed by atoms with E-state index in [0.717, 1.165) is 18.1 Å². The van der Waals surface area contributed by atoms with Gasteiger partial charge in [0.2, 0.25) is 5.91 Å². The number of nitrogens with one attached hydrogen (secondary N) is 1. The van der Waals surface area contributed by atoms with Gasteiger partial charge in [0.15, 0.2) is 5.13 Å². The second kappa shape index (κ2) is 7.28. The standard InChI is InChI=1S/C11H16N2OS3/c14-10(13-11-12-6-8-15-11)4-2-1-3-9-5-7-16-17-9/h6,8-9H,1-5,7H2,(H,12,13,14)/t9-/m0/s1. The molecule has 1 saturated heterocycles. The average molecular weight is 288 g/mol. The molecule has 0 saturated carbocycles. The molecule has 0 aliphatic carbocycles. The first-order valence-corrected chi connectivity index (χ1v) is 9.08. The van der Waals surface area contributed by atoms with E-state index in [9.17, 15) is 4.79 Å². The van der Waals surface area contributed by atoms with Crippen molar-refractivity contribution in [3.63, 3.8) is 0 Å². The van der Waals surface area contributed by atoms with Crippen molar-refractivity contribution in [2.75, 3.05) is 11.1 Å². The SMILES string of the molecule is O=C(CCCC[C@H]1CCSS1)Nc1nccs1. The zero-order valence-electron chi connectivity index (χ0n) is 9.55. The van der Waals surface area contributed by atoms with Gasteiger partial charge in [-0.1, -0.05) is 28.0 Å². The van der Waals surface area contributed by atoms with Gasteiger partial charge in [-0.05, 0) is 19.3 Å². The molecule has 6 heteroatoms. The Bertz CT molecular complexity index is 336. The van der Waals surface area contributed by atoms with Crippen LogP contribution < -0.4 is 5.32 Å². The predicted octanol–water partition coefficient (Wildman–Crippen LogP) is 3.80. The first kappa shape index (κ1) is 13.2. The Kier molecular flexibility index (Phi) is 5.67. The monoisotopic (exact) mass is 288 g/mol. The van der Waals surface area contributed by atoms with Crippen LogP contribution in [0, 0.1) is 0 Å². The maximum absolute atomic E-state index is 11.6. The molecule has 1 atom stereocenters. The molecule has 2 rings (SSSR count). The van der Waals surface area contributed by atoms with Gasteiger partial charge in [0.1, 0.15) is 0 Å². The topological polar surface area (TPSA) is 42.0 Å². The zero-order valence-corrected chi connectivity index (χ0v) is 12.0. The van der Waals surface area contributed by atoms with Crippen molar-refractivity contribution in [1.29, 1.82) is 0 Å².